The molecular formula is C43H79NO3. The Balaban J connectivity index is 2.03. The smallest absolute Gasteiger partial charge is 0.306 e. The average molecular weight is 658 g/mol. The van der Waals surface area contributed by atoms with Crippen molar-refractivity contribution in [3.8, 4) is 0 Å². The van der Waals surface area contributed by atoms with Gasteiger partial charge < -0.3 is 10.1 Å². The van der Waals surface area contributed by atoms with Crippen LogP contribution < -0.4 is 5.32 Å². The van der Waals surface area contributed by atoms with Gasteiger partial charge in [-0.25, -0.2) is 0 Å². The third-order valence-corrected chi connectivity index (χ3v) is 10.4. The summed E-state index contributed by atoms with van der Waals surface area (Å²) in [6.45, 7) is 14.5. The zero-order chi connectivity index (χ0) is 34.8. The van der Waals surface area contributed by atoms with E-state index in [9.17, 15) is 9.59 Å². The Bertz CT molecular complexity index is 862. The minimum atomic E-state index is -1.15. The van der Waals surface area contributed by atoms with Crippen LogP contribution in [-0.4, -0.2) is 23.0 Å². The second-order valence-electron chi connectivity index (χ2n) is 16.1. The summed E-state index contributed by atoms with van der Waals surface area (Å²) in [4.78, 5) is 25.7. The summed E-state index contributed by atoms with van der Waals surface area (Å²) < 4.78 is 5.69. The van der Waals surface area contributed by atoms with Crippen LogP contribution in [0.4, 0.5) is 0 Å². The number of hydrogen-bond donors (Lipinski definition) is 1. The van der Waals surface area contributed by atoms with Crippen molar-refractivity contribution in [3.05, 3.63) is 23.8 Å². The maximum absolute atomic E-state index is 13.2. The van der Waals surface area contributed by atoms with E-state index in [2.05, 4.69) is 58.2 Å². The van der Waals surface area contributed by atoms with Crippen molar-refractivity contribution >= 4 is 11.9 Å². The molecular weight excluding hydrogens is 578 g/mol. The highest BCUT2D eigenvalue weighted by molar-refractivity contribution is 5.87. The van der Waals surface area contributed by atoms with E-state index in [4.69, 9.17) is 4.74 Å². The van der Waals surface area contributed by atoms with E-state index in [1.165, 1.54) is 128 Å². The fraction of sp³-hybridized carbons (Fsp3) is 0.860. The topological polar surface area (TPSA) is 55.4 Å². The molecule has 1 aliphatic carbocycles. The Kier molecular flexibility index (Phi) is 24.3. The molecule has 1 rings (SSSR count). The highest BCUT2D eigenvalue weighted by Gasteiger charge is 2.39. The van der Waals surface area contributed by atoms with Gasteiger partial charge in [0.15, 0.2) is 5.60 Å². The number of nitrogens with one attached hydrogen (secondary N) is 1. The first-order valence-electron chi connectivity index (χ1n) is 20.4. The Morgan fingerprint density at radius 3 is 1.55 bits per heavy atom. The molecule has 0 atom stereocenters. The fourth-order valence-electron chi connectivity index (χ4n) is 6.91. The summed E-state index contributed by atoms with van der Waals surface area (Å²) in [5.74, 6) is 0.686. The lowest BCUT2D eigenvalue weighted by Crippen LogP contribution is -2.55. The molecule has 0 bridgehead atoms. The molecule has 0 aromatic rings. The van der Waals surface area contributed by atoms with Crippen molar-refractivity contribution in [2.75, 3.05) is 0 Å². The molecule has 1 amide bonds. The lowest BCUT2D eigenvalue weighted by Gasteiger charge is -2.40. The lowest BCUT2D eigenvalue weighted by molar-refractivity contribution is -0.166. The number of amides is 1. The summed E-state index contributed by atoms with van der Waals surface area (Å²) in [5.41, 5.74) is 0.0177. The van der Waals surface area contributed by atoms with Gasteiger partial charge in [-0.3, -0.25) is 9.59 Å². The summed E-state index contributed by atoms with van der Waals surface area (Å²) in [5, 5.41) is 3.24. The van der Waals surface area contributed by atoms with E-state index >= 15 is 0 Å². The minimum Gasteiger partial charge on any atom is -0.450 e. The molecule has 274 valence electrons. The molecule has 0 aliphatic heterocycles. The second kappa shape index (κ2) is 26.3. The van der Waals surface area contributed by atoms with Gasteiger partial charge in [0, 0.05) is 12.0 Å². The van der Waals surface area contributed by atoms with Gasteiger partial charge in [-0.1, -0.05) is 173 Å². The molecule has 0 spiro atoms. The Labute approximate surface area is 293 Å². The predicted octanol–water partition coefficient (Wildman–Crippen LogP) is 13.1. The van der Waals surface area contributed by atoms with Crippen molar-refractivity contribution in [2.45, 2.75) is 227 Å². The monoisotopic (exact) mass is 658 g/mol. The molecule has 1 N–H and O–H groups in total. The Morgan fingerprint density at radius 2 is 1.15 bits per heavy atom. The maximum Gasteiger partial charge on any atom is 0.306 e. The summed E-state index contributed by atoms with van der Waals surface area (Å²) in [6, 6.07) is 0. The van der Waals surface area contributed by atoms with Crippen molar-refractivity contribution in [2.24, 2.45) is 11.8 Å². The van der Waals surface area contributed by atoms with Gasteiger partial charge in [0.2, 0.25) is 0 Å². The molecule has 0 unspecified atom stereocenters. The summed E-state index contributed by atoms with van der Waals surface area (Å²) >= 11 is 0. The second-order valence-corrected chi connectivity index (χ2v) is 16.1. The Hall–Kier alpha value is -1.58. The number of allylic oxidation sites excluding steroid dienone is 4. The van der Waals surface area contributed by atoms with Gasteiger partial charge in [0.25, 0.3) is 5.91 Å². The standard InChI is InChI=1S/C43H79NO3/c1-8-9-10-11-12-13-14-15-16-17-18-19-20-21-22-23-24-25-26-27-28-32-40(45)47-42(5,6)41(46)44-43(7)35-33-39(34-36-43)38(4)31-29-30-37(2)3/h29-31,37,39H,8-28,32-36H2,1-7H3,(H,44,46)/b30-29+,38-31+. The molecule has 0 heterocycles. The van der Waals surface area contributed by atoms with Gasteiger partial charge >= 0.3 is 5.97 Å². The van der Waals surface area contributed by atoms with E-state index in [-0.39, 0.29) is 17.4 Å². The third-order valence-electron chi connectivity index (χ3n) is 10.4. The van der Waals surface area contributed by atoms with Crippen LogP contribution in [0.15, 0.2) is 23.8 Å². The number of carbonyl (C=O) groups is 2. The molecule has 1 aliphatic rings. The SMILES string of the molecule is CCCCCCCCCCCCCCCCCCCCCCCC(=O)OC(C)(C)C(=O)NC1(C)CCC(/C(C)=C/C=C/C(C)C)CC1. The highest BCUT2D eigenvalue weighted by Crippen LogP contribution is 2.36. The molecule has 0 radical (unpaired) electrons. The number of hydrogen-bond acceptors (Lipinski definition) is 3. The van der Waals surface area contributed by atoms with Crippen LogP contribution in [0, 0.1) is 11.8 Å². The first kappa shape index (κ1) is 43.4. The maximum atomic E-state index is 13.2. The van der Waals surface area contributed by atoms with Gasteiger partial charge in [0.05, 0.1) is 0 Å². The van der Waals surface area contributed by atoms with E-state index in [0.29, 0.717) is 18.3 Å². The van der Waals surface area contributed by atoms with Gasteiger partial charge in [-0.2, -0.15) is 0 Å². The number of ether oxygens (including phenoxy) is 1. The van der Waals surface area contributed by atoms with Crippen molar-refractivity contribution in [1.82, 2.24) is 5.32 Å². The summed E-state index contributed by atoms with van der Waals surface area (Å²) in [7, 11) is 0. The predicted molar refractivity (Wildman–Crippen MR) is 204 cm³/mol. The first-order chi connectivity index (χ1) is 22.5. The van der Waals surface area contributed by atoms with Crippen molar-refractivity contribution in [1.29, 1.82) is 0 Å². The number of unbranched alkanes of at least 4 members (excludes halogenated alkanes) is 20. The third kappa shape index (κ3) is 22.6. The average Bonchev–Trinajstić information content (AvgIpc) is 3.01. The Morgan fingerprint density at radius 1 is 0.745 bits per heavy atom. The lowest BCUT2D eigenvalue weighted by atomic mass is 9.75. The van der Waals surface area contributed by atoms with Crippen LogP contribution in [0.2, 0.25) is 0 Å². The first-order valence-corrected chi connectivity index (χ1v) is 20.4. The van der Waals surface area contributed by atoms with Gasteiger partial charge in [0.1, 0.15) is 0 Å². The molecule has 0 saturated heterocycles. The van der Waals surface area contributed by atoms with Crippen LogP contribution >= 0.6 is 0 Å². The highest BCUT2D eigenvalue weighted by atomic mass is 16.6. The molecule has 1 saturated carbocycles. The molecule has 4 nitrogen and oxygen atoms in total. The number of esters is 1. The normalized spacial score (nSPS) is 19.1. The summed E-state index contributed by atoms with van der Waals surface area (Å²) in [6.07, 6.45) is 39.3. The van der Waals surface area contributed by atoms with Crippen LogP contribution in [0.25, 0.3) is 0 Å². The molecule has 4 heteroatoms. The van der Waals surface area contributed by atoms with Crippen molar-refractivity contribution < 1.29 is 14.3 Å². The van der Waals surface area contributed by atoms with E-state index in [1.54, 1.807) is 13.8 Å². The van der Waals surface area contributed by atoms with Gasteiger partial charge in [-0.15, -0.1) is 0 Å². The van der Waals surface area contributed by atoms with Crippen LogP contribution in [0.3, 0.4) is 0 Å². The van der Waals surface area contributed by atoms with Crippen LogP contribution in [0.5, 0.6) is 0 Å². The quantitative estimate of drug-likeness (QED) is 0.0517. The minimum absolute atomic E-state index is 0.183. The van der Waals surface area contributed by atoms with Crippen molar-refractivity contribution in [3.63, 3.8) is 0 Å². The fourth-order valence-corrected chi connectivity index (χ4v) is 6.91. The zero-order valence-corrected chi connectivity index (χ0v) is 32.5. The molecule has 1 fully saturated rings. The molecule has 47 heavy (non-hydrogen) atoms. The van der Waals surface area contributed by atoms with E-state index < -0.39 is 5.60 Å². The van der Waals surface area contributed by atoms with E-state index in [1.807, 2.05) is 0 Å². The van der Waals surface area contributed by atoms with E-state index in [0.717, 1.165) is 38.5 Å². The van der Waals surface area contributed by atoms with Crippen LogP contribution in [0.1, 0.15) is 215 Å². The molecule has 0 aromatic carbocycles. The number of rotatable bonds is 28. The van der Waals surface area contributed by atoms with Gasteiger partial charge in [-0.05, 0) is 71.6 Å². The molecule has 0 aromatic heterocycles. The largest absolute Gasteiger partial charge is 0.450 e. The zero-order valence-electron chi connectivity index (χ0n) is 32.5. The van der Waals surface area contributed by atoms with Crippen LogP contribution in [-0.2, 0) is 14.3 Å². The number of carbonyl (C=O) groups excluding carboxylic acids is 2.